The molecule has 0 unspecified atom stereocenters. The van der Waals surface area contributed by atoms with Crippen molar-refractivity contribution in [1.29, 1.82) is 0 Å². The molecule has 0 spiro atoms. The number of hydrogen-bond donors (Lipinski definition) is 0. The molecule has 0 amide bonds. The van der Waals surface area contributed by atoms with Crippen LogP contribution in [0, 0.1) is 6.92 Å². The number of aryl methyl sites for hydroxylation is 3. The van der Waals surface area contributed by atoms with Crippen LogP contribution < -0.4 is 0 Å². The molecule has 0 aliphatic heterocycles. The molecule has 0 aliphatic carbocycles. The summed E-state index contributed by atoms with van der Waals surface area (Å²) in [5.41, 5.74) is 6.08. The SMILES string of the molecule is Cc1ccccc1-c1nc2ccccc2n1CCc1ccccc1. The molecule has 0 atom stereocenters. The summed E-state index contributed by atoms with van der Waals surface area (Å²) in [6.45, 7) is 3.07. The lowest BCUT2D eigenvalue weighted by Crippen LogP contribution is -2.04. The summed E-state index contributed by atoms with van der Waals surface area (Å²) in [6.07, 6.45) is 1.00. The Morgan fingerprint density at radius 2 is 1.50 bits per heavy atom. The van der Waals surface area contributed by atoms with Crippen molar-refractivity contribution in [3.63, 3.8) is 0 Å². The zero-order valence-electron chi connectivity index (χ0n) is 13.8. The third-order valence-electron chi connectivity index (χ3n) is 4.51. The van der Waals surface area contributed by atoms with Crippen molar-refractivity contribution in [3.8, 4) is 11.4 Å². The Morgan fingerprint density at radius 1 is 0.792 bits per heavy atom. The molecule has 4 rings (SSSR count). The Kier molecular flexibility index (Phi) is 3.87. The van der Waals surface area contributed by atoms with Gasteiger partial charge >= 0.3 is 0 Å². The van der Waals surface area contributed by atoms with Crippen LogP contribution in [0.25, 0.3) is 22.4 Å². The van der Waals surface area contributed by atoms with E-state index in [1.165, 1.54) is 22.2 Å². The number of aromatic nitrogens is 2. The molecule has 0 fully saturated rings. The van der Waals surface area contributed by atoms with Gasteiger partial charge in [-0.1, -0.05) is 66.7 Å². The van der Waals surface area contributed by atoms with Gasteiger partial charge in [0.15, 0.2) is 0 Å². The van der Waals surface area contributed by atoms with Gasteiger partial charge in [0.05, 0.1) is 11.0 Å². The van der Waals surface area contributed by atoms with Crippen molar-refractivity contribution in [1.82, 2.24) is 9.55 Å². The van der Waals surface area contributed by atoms with Crippen LogP contribution in [0.15, 0.2) is 78.9 Å². The van der Waals surface area contributed by atoms with Crippen LogP contribution in [0.4, 0.5) is 0 Å². The molecule has 1 heterocycles. The van der Waals surface area contributed by atoms with Crippen LogP contribution in [0.5, 0.6) is 0 Å². The molecule has 0 bridgehead atoms. The Balaban J connectivity index is 1.80. The second-order valence-electron chi connectivity index (χ2n) is 6.13. The molecule has 24 heavy (non-hydrogen) atoms. The minimum absolute atomic E-state index is 0.925. The van der Waals surface area contributed by atoms with E-state index in [2.05, 4.69) is 90.4 Å². The third kappa shape index (κ3) is 2.71. The average molecular weight is 312 g/mol. The van der Waals surface area contributed by atoms with Crippen LogP contribution in [0.2, 0.25) is 0 Å². The smallest absolute Gasteiger partial charge is 0.141 e. The summed E-state index contributed by atoms with van der Waals surface area (Å²) < 4.78 is 2.35. The van der Waals surface area contributed by atoms with Crippen molar-refractivity contribution >= 4 is 11.0 Å². The van der Waals surface area contributed by atoms with E-state index in [1.807, 2.05) is 0 Å². The van der Waals surface area contributed by atoms with E-state index in [4.69, 9.17) is 4.98 Å². The highest BCUT2D eigenvalue weighted by atomic mass is 15.1. The Hall–Kier alpha value is -2.87. The standard InChI is InChI=1S/C22H20N2/c1-17-9-5-6-12-19(17)22-23-20-13-7-8-14-21(20)24(22)16-15-18-10-3-2-4-11-18/h2-14H,15-16H2,1H3. The van der Waals surface area contributed by atoms with Crippen molar-refractivity contribution in [2.75, 3.05) is 0 Å². The van der Waals surface area contributed by atoms with E-state index >= 15 is 0 Å². The summed E-state index contributed by atoms with van der Waals surface area (Å²) in [7, 11) is 0. The van der Waals surface area contributed by atoms with Gasteiger partial charge in [0.25, 0.3) is 0 Å². The number of imidazole rings is 1. The van der Waals surface area contributed by atoms with E-state index in [0.29, 0.717) is 0 Å². The minimum atomic E-state index is 0.925. The predicted octanol–water partition coefficient (Wildman–Crippen LogP) is 5.25. The second-order valence-corrected chi connectivity index (χ2v) is 6.13. The highest BCUT2D eigenvalue weighted by Gasteiger charge is 2.13. The Labute approximate surface area is 142 Å². The molecule has 0 saturated heterocycles. The zero-order chi connectivity index (χ0) is 16.4. The third-order valence-corrected chi connectivity index (χ3v) is 4.51. The quantitative estimate of drug-likeness (QED) is 0.503. The number of hydrogen-bond acceptors (Lipinski definition) is 1. The number of benzene rings is 3. The second kappa shape index (κ2) is 6.32. The van der Waals surface area contributed by atoms with Gasteiger partial charge in [0.2, 0.25) is 0 Å². The van der Waals surface area contributed by atoms with Crippen LogP contribution in [0.1, 0.15) is 11.1 Å². The van der Waals surface area contributed by atoms with Crippen LogP contribution in [-0.2, 0) is 13.0 Å². The summed E-state index contributed by atoms with van der Waals surface area (Å²) in [5.74, 6) is 1.06. The number of fused-ring (bicyclic) bond motifs is 1. The van der Waals surface area contributed by atoms with Gasteiger partial charge in [-0.2, -0.15) is 0 Å². The van der Waals surface area contributed by atoms with Gasteiger partial charge in [-0.25, -0.2) is 4.98 Å². The lowest BCUT2D eigenvalue weighted by atomic mass is 10.1. The maximum Gasteiger partial charge on any atom is 0.141 e. The van der Waals surface area contributed by atoms with Crippen molar-refractivity contribution < 1.29 is 0 Å². The highest BCUT2D eigenvalue weighted by molar-refractivity contribution is 5.81. The van der Waals surface area contributed by atoms with Gasteiger partial charge in [-0.3, -0.25) is 0 Å². The number of rotatable bonds is 4. The minimum Gasteiger partial charge on any atom is -0.324 e. The van der Waals surface area contributed by atoms with Crippen LogP contribution in [0.3, 0.4) is 0 Å². The maximum atomic E-state index is 4.92. The lowest BCUT2D eigenvalue weighted by molar-refractivity contribution is 0.723. The van der Waals surface area contributed by atoms with E-state index in [1.54, 1.807) is 0 Å². The van der Waals surface area contributed by atoms with Crippen molar-refractivity contribution in [3.05, 3.63) is 90.0 Å². The van der Waals surface area contributed by atoms with Gasteiger partial charge in [-0.15, -0.1) is 0 Å². The van der Waals surface area contributed by atoms with Crippen molar-refractivity contribution in [2.45, 2.75) is 19.9 Å². The summed E-state index contributed by atoms with van der Waals surface area (Å²) in [5, 5.41) is 0. The first-order valence-corrected chi connectivity index (χ1v) is 8.38. The monoisotopic (exact) mass is 312 g/mol. The molecule has 0 radical (unpaired) electrons. The van der Waals surface area contributed by atoms with Gasteiger partial charge in [0.1, 0.15) is 5.82 Å². The average Bonchev–Trinajstić information content (AvgIpc) is 2.99. The first-order valence-electron chi connectivity index (χ1n) is 8.38. The van der Waals surface area contributed by atoms with Gasteiger partial charge in [0, 0.05) is 12.1 Å². The van der Waals surface area contributed by atoms with Crippen molar-refractivity contribution in [2.24, 2.45) is 0 Å². The first kappa shape index (κ1) is 14.7. The maximum absolute atomic E-state index is 4.92. The van der Waals surface area contributed by atoms with Gasteiger partial charge in [-0.05, 0) is 36.6 Å². The highest BCUT2D eigenvalue weighted by Crippen LogP contribution is 2.27. The Morgan fingerprint density at radius 3 is 2.33 bits per heavy atom. The summed E-state index contributed by atoms with van der Waals surface area (Å²) in [4.78, 5) is 4.92. The molecule has 0 aliphatic rings. The predicted molar refractivity (Wildman–Crippen MR) is 100 cm³/mol. The molecular weight excluding hydrogens is 292 g/mol. The molecular formula is C22H20N2. The lowest BCUT2D eigenvalue weighted by Gasteiger charge is -2.11. The molecule has 2 nitrogen and oxygen atoms in total. The molecule has 0 N–H and O–H groups in total. The summed E-state index contributed by atoms with van der Waals surface area (Å²) in [6, 6.07) is 27.5. The normalized spacial score (nSPS) is 11.0. The molecule has 2 heteroatoms. The molecule has 1 aromatic heterocycles. The Bertz CT molecular complexity index is 968. The van der Waals surface area contributed by atoms with Crippen LogP contribution >= 0.6 is 0 Å². The molecule has 118 valence electrons. The van der Waals surface area contributed by atoms with Crippen LogP contribution in [-0.4, -0.2) is 9.55 Å². The molecule has 3 aromatic carbocycles. The fraction of sp³-hybridized carbons (Fsp3) is 0.136. The molecule has 0 saturated carbocycles. The van der Waals surface area contributed by atoms with E-state index in [9.17, 15) is 0 Å². The van der Waals surface area contributed by atoms with E-state index in [0.717, 1.165) is 24.3 Å². The van der Waals surface area contributed by atoms with E-state index in [-0.39, 0.29) is 0 Å². The number of nitrogens with zero attached hydrogens (tertiary/aromatic N) is 2. The largest absolute Gasteiger partial charge is 0.324 e. The first-order chi connectivity index (χ1) is 11.8. The fourth-order valence-corrected chi connectivity index (χ4v) is 3.22. The number of para-hydroxylation sites is 2. The topological polar surface area (TPSA) is 17.8 Å². The molecule has 4 aromatic rings. The zero-order valence-corrected chi connectivity index (χ0v) is 13.8. The van der Waals surface area contributed by atoms with E-state index < -0.39 is 0 Å². The summed E-state index contributed by atoms with van der Waals surface area (Å²) >= 11 is 0. The van der Waals surface area contributed by atoms with Gasteiger partial charge < -0.3 is 4.57 Å². The fourth-order valence-electron chi connectivity index (χ4n) is 3.22.